The van der Waals surface area contributed by atoms with Crippen LogP contribution in [0.4, 0.5) is 0 Å². The van der Waals surface area contributed by atoms with Crippen molar-refractivity contribution in [2.75, 3.05) is 0 Å². The van der Waals surface area contributed by atoms with E-state index in [1.54, 1.807) is 0 Å². The van der Waals surface area contributed by atoms with E-state index in [0.717, 1.165) is 53.6 Å². The predicted molar refractivity (Wildman–Crippen MR) is 138 cm³/mol. The maximum atomic E-state index is 13.5. The Labute approximate surface area is 208 Å². The number of benzene rings is 1. The second-order valence-electron chi connectivity index (χ2n) is 12.7. The minimum atomic E-state index is -0.231. The van der Waals surface area contributed by atoms with Gasteiger partial charge < -0.3 is 4.57 Å². The number of aromatic nitrogens is 2. The van der Waals surface area contributed by atoms with Crippen molar-refractivity contribution in [3.05, 3.63) is 40.3 Å². The van der Waals surface area contributed by atoms with Crippen molar-refractivity contribution in [3.8, 4) is 0 Å². The van der Waals surface area contributed by atoms with Crippen LogP contribution >= 0.6 is 0 Å². The Bertz CT molecular complexity index is 1170. The van der Waals surface area contributed by atoms with E-state index in [1.165, 1.54) is 71.1 Å². The zero-order valence-corrected chi connectivity index (χ0v) is 21.1. The van der Waals surface area contributed by atoms with E-state index in [2.05, 4.69) is 9.88 Å². The Morgan fingerprint density at radius 2 is 1.49 bits per heavy atom. The summed E-state index contributed by atoms with van der Waals surface area (Å²) in [5.41, 5.74) is 1.56. The van der Waals surface area contributed by atoms with Gasteiger partial charge in [0.2, 0.25) is 0 Å². The molecule has 1 aromatic carbocycles. The highest BCUT2D eigenvalue weighted by atomic mass is 16.1. The first-order valence-corrected chi connectivity index (χ1v) is 14.3. The molecular formula is C30H39N3O2. The summed E-state index contributed by atoms with van der Waals surface area (Å²) in [4.78, 5) is 33.2. The van der Waals surface area contributed by atoms with Crippen LogP contribution in [0.3, 0.4) is 0 Å². The van der Waals surface area contributed by atoms with Gasteiger partial charge in [-0.1, -0.05) is 18.6 Å². The van der Waals surface area contributed by atoms with Gasteiger partial charge in [0, 0.05) is 31.1 Å². The van der Waals surface area contributed by atoms with Gasteiger partial charge in [-0.25, -0.2) is 4.98 Å². The van der Waals surface area contributed by atoms with Gasteiger partial charge in [-0.05, 0) is 106 Å². The van der Waals surface area contributed by atoms with E-state index < -0.39 is 0 Å². The Kier molecular flexibility index (Phi) is 5.42. The second-order valence-corrected chi connectivity index (χ2v) is 12.7. The molecule has 0 amide bonds. The standard InChI is InChI=1S/C30H39N3O2/c1-18(34)29-30(35)33(28-8-3-2-7-27(28)31-29)26-16-23-5-4-6-24(17-26)32(23)25-14-19-11-20(15-25)13-22(12-19)21-9-10-21/h2-3,7-8,19-26H,4-6,9-17H2,1H3. The van der Waals surface area contributed by atoms with Gasteiger partial charge >= 0.3 is 0 Å². The number of carbonyl (C=O) groups excluding carboxylic acids is 1. The lowest BCUT2D eigenvalue weighted by Crippen LogP contribution is -2.59. The molecule has 3 aliphatic carbocycles. The van der Waals surface area contributed by atoms with Gasteiger partial charge in [0.25, 0.3) is 5.56 Å². The third-order valence-electron chi connectivity index (χ3n) is 10.4. The quantitative estimate of drug-likeness (QED) is 0.530. The van der Waals surface area contributed by atoms with Gasteiger partial charge in [-0.3, -0.25) is 14.5 Å². The SMILES string of the molecule is CC(=O)c1nc2ccccc2n(C2CC3CCCC(C2)N3C2CC3CC(CC(C4CC4)C3)C2)c1=O. The van der Waals surface area contributed by atoms with Crippen LogP contribution in [0, 0.1) is 23.7 Å². The van der Waals surface area contributed by atoms with E-state index in [-0.39, 0.29) is 23.1 Å². The van der Waals surface area contributed by atoms with Crippen LogP contribution in [0.15, 0.2) is 29.1 Å². The lowest BCUT2D eigenvalue weighted by atomic mass is 9.64. The van der Waals surface area contributed by atoms with Crippen LogP contribution in [0.5, 0.6) is 0 Å². The van der Waals surface area contributed by atoms with Gasteiger partial charge in [0.1, 0.15) is 0 Å². The van der Waals surface area contributed by atoms with Gasteiger partial charge in [-0.15, -0.1) is 0 Å². The van der Waals surface area contributed by atoms with Crippen molar-refractivity contribution in [3.63, 3.8) is 0 Å². The molecule has 4 atom stereocenters. The molecule has 5 aliphatic rings. The normalized spacial score (nSPS) is 37.3. The fourth-order valence-electron chi connectivity index (χ4n) is 9.01. The number of piperidine rings is 2. The first-order chi connectivity index (χ1) is 17.0. The van der Waals surface area contributed by atoms with Gasteiger partial charge in [0.05, 0.1) is 11.0 Å². The van der Waals surface area contributed by atoms with E-state index in [9.17, 15) is 9.59 Å². The van der Waals surface area contributed by atoms with Crippen LogP contribution in [-0.2, 0) is 0 Å². The molecule has 5 heteroatoms. The molecule has 0 radical (unpaired) electrons. The highest BCUT2D eigenvalue weighted by Gasteiger charge is 2.47. The molecular weight excluding hydrogens is 434 g/mol. The monoisotopic (exact) mass is 473 g/mol. The number of hydrogen-bond acceptors (Lipinski definition) is 4. The smallest absolute Gasteiger partial charge is 0.280 e. The molecule has 7 rings (SSSR count). The summed E-state index contributed by atoms with van der Waals surface area (Å²) in [7, 11) is 0. The molecule has 2 aromatic rings. The molecule has 0 spiro atoms. The summed E-state index contributed by atoms with van der Waals surface area (Å²) >= 11 is 0. The fraction of sp³-hybridized carbons (Fsp3) is 0.700. The summed E-state index contributed by atoms with van der Waals surface area (Å²) in [6.45, 7) is 1.47. The number of para-hydroxylation sites is 2. The van der Waals surface area contributed by atoms with Crippen molar-refractivity contribution in [1.82, 2.24) is 14.5 Å². The lowest BCUT2D eigenvalue weighted by molar-refractivity contribution is -0.0542. The predicted octanol–water partition coefficient (Wildman–Crippen LogP) is 5.76. The average molecular weight is 474 g/mol. The maximum Gasteiger partial charge on any atom is 0.280 e. The third-order valence-corrected chi connectivity index (χ3v) is 10.4. The largest absolute Gasteiger partial charge is 0.302 e. The number of ketones is 1. The lowest BCUT2D eigenvalue weighted by Gasteiger charge is -2.56. The van der Waals surface area contributed by atoms with Crippen LogP contribution in [-0.4, -0.2) is 38.4 Å². The summed E-state index contributed by atoms with van der Waals surface area (Å²) in [6, 6.07) is 9.90. The van der Waals surface area contributed by atoms with Crippen LogP contribution < -0.4 is 5.56 Å². The number of carbonyl (C=O) groups is 1. The number of nitrogens with zero attached hydrogens (tertiary/aromatic N) is 3. The van der Waals surface area contributed by atoms with E-state index >= 15 is 0 Å². The van der Waals surface area contributed by atoms with Crippen molar-refractivity contribution in [2.45, 2.75) is 108 Å². The molecule has 4 bridgehead atoms. The van der Waals surface area contributed by atoms with Crippen molar-refractivity contribution < 1.29 is 4.79 Å². The van der Waals surface area contributed by atoms with E-state index in [4.69, 9.17) is 0 Å². The summed E-state index contributed by atoms with van der Waals surface area (Å²) in [5.74, 6) is 3.76. The van der Waals surface area contributed by atoms with Gasteiger partial charge in [0.15, 0.2) is 11.5 Å². The topological polar surface area (TPSA) is 55.2 Å². The molecule has 3 saturated carbocycles. The fourth-order valence-corrected chi connectivity index (χ4v) is 9.01. The number of Topliss-reactive ketones (excluding diaryl/α,β-unsaturated/α-hetero) is 1. The van der Waals surface area contributed by atoms with Crippen LogP contribution in [0.1, 0.15) is 101 Å². The Morgan fingerprint density at radius 3 is 2.14 bits per heavy atom. The molecule has 35 heavy (non-hydrogen) atoms. The van der Waals surface area contributed by atoms with E-state index in [1.807, 2.05) is 28.8 Å². The molecule has 2 saturated heterocycles. The molecule has 5 fully saturated rings. The average Bonchev–Trinajstić information content (AvgIpc) is 3.68. The Balaban J connectivity index is 1.17. The molecule has 186 valence electrons. The zero-order chi connectivity index (χ0) is 23.7. The molecule has 1 aromatic heterocycles. The van der Waals surface area contributed by atoms with Gasteiger partial charge in [-0.2, -0.15) is 0 Å². The second kappa shape index (κ2) is 8.54. The number of rotatable bonds is 4. The summed E-state index contributed by atoms with van der Waals surface area (Å²) < 4.78 is 1.96. The van der Waals surface area contributed by atoms with Crippen LogP contribution in [0.2, 0.25) is 0 Å². The Hall–Kier alpha value is -2.01. The highest BCUT2D eigenvalue weighted by Crippen LogP contribution is 2.53. The first kappa shape index (κ1) is 22.2. The van der Waals surface area contributed by atoms with Crippen molar-refractivity contribution in [2.24, 2.45) is 23.7 Å². The summed E-state index contributed by atoms with van der Waals surface area (Å²) in [5, 5.41) is 0. The molecule has 3 heterocycles. The maximum absolute atomic E-state index is 13.5. The third kappa shape index (κ3) is 3.89. The highest BCUT2D eigenvalue weighted by molar-refractivity contribution is 5.93. The first-order valence-electron chi connectivity index (χ1n) is 14.3. The molecule has 2 aliphatic heterocycles. The van der Waals surface area contributed by atoms with Crippen molar-refractivity contribution >= 4 is 16.8 Å². The molecule has 4 unspecified atom stereocenters. The molecule has 0 N–H and O–H groups in total. The van der Waals surface area contributed by atoms with Crippen LogP contribution in [0.25, 0.3) is 11.0 Å². The molecule has 5 nitrogen and oxygen atoms in total. The number of fused-ring (bicyclic) bond motifs is 5. The zero-order valence-electron chi connectivity index (χ0n) is 21.1. The Morgan fingerprint density at radius 1 is 0.800 bits per heavy atom. The van der Waals surface area contributed by atoms with E-state index in [0.29, 0.717) is 12.1 Å². The summed E-state index contributed by atoms with van der Waals surface area (Å²) in [6.07, 6.45) is 16.2. The minimum absolute atomic E-state index is 0.0987. The van der Waals surface area contributed by atoms with Crippen molar-refractivity contribution in [1.29, 1.82) is 0 Å². The minimum Gasteiger partial charge on any atom is -0.302 e. The number of hydrogen-bond donors (Lipinski definition) is 0.